The summed E-state index contributed by atoms with van der Waals surface area (Å²) < 4.78 is 0. The van der Waals surface area contributed by atoms with Crippen molar-refractivity contribution in [3.8, 4) is 0 Å². The molecule has 0 bridgehead atoms. The second kappa shape index (κ2) is 4.88. The fourth-order valence-corrected chi connectivity index (χ4v) is 1.49. The van der Waals surface area contributed by atoms with E-state index in [4.69, 9.17) is 0 Å². The molecule has 0 heterocycles. The first kappa shape index (κ1) is 12.4. The fraction of sp³-hybridized carbons (Fsp3) is 0.417. The third-order valence-electron chi connectivity index (χ3n) is 2.55. The van der Waals surface area contributed by atoms with Gasteiger partial charge in [-0.3, -0.25) is 14.4 Å². The highest BCUT2D eigenvalue weighted by molar-refractivity contribution is 6.48. The zero-order chi connectivity index (χ0) is 12.3. The Balaban J connectivity index is 3.02. The molecule has 4 heteroatoms. The second-order valence-electron chi connectivity index (χ2n) is 3.88. The highest BCUT2D eigenvalue weighted by Crippen LogP contribution is 2.20. The van der Waals surface area contributed by atoms with Crippen molar-refractivity contribution in [2.75, 3.05) is 0 Å². The van der Waals surface area contributed by atoms with Crippen LogP contribution < -0.4 is 5.32 Å². The van der Waals surface area contributed by atoms with Crippen LogP contribution in [0.15, 0.2) is 23.4 Å². The Kier molecular flexibility index (Phi) is 3.77. The first-order valence-electron chi connectivity index (χ1n) is 5.25. The van der Waals surface area contributed by atoms with Crippen molar-refractivity contribution in [2.45, 2.75) is 27.2 Å². The molecule has 0 aromatic rings. The summed E-state index contributed by atoms with van der Waals surface area (Å²) in [5.41, 5.74) is 0.867. The van der Waals surface area contributed by atoms with E-state index in [1.807, 2.05) is 13.8 Å². The molecule has 1 aliphatic rings. The molecular weight excluding hydrogens is 206 g/mol. The van der Waals surface area contributed by atoms with Crippen molar-refractivity contribution in [2.24, 2.45) is 5.92 Å². The number of rotatable bonds is 3. The lowest BCUT2D eigenvalue weighted by Crippen LogP contribution is -2.27. The summed E-state index contributed by atoms with van der Waals surface area (Å²) in [7, 11) is 0. The number of carbonyl (C=O) groups excluding carboxylic acids is 3. The number of carbonyl (C=O) groups is 3. The van der Waals surface area contributed by atoms with Crippen molar-refractivity contribution in [1.82, 2.24) is 5.32 Å². The van der Waals surface area contributed by atoms with Crippen molar-refractivity contribution in [3.05, 3.63) is 23.4 Å². The van der Waals surface area contributed by atoms with E-state index in [2.05, 4.69) is 5.32 Å². The Morgan fingerprint density at radius 2 is 2.00 bits per heavy atom. The number of nitrogens with one attached hydrogen (secondary N) is 1. The second-order valence-corrected chi connectivity index (χ2v) is 3.88. The highest BCUT2D eigenvalue weighted by Gasteiger charge is 2.25. The molecule has 0 spiro atoms. The summed E-state index contributed by atoms with van der Waals surface area (Å²) >= 11 is 0. The van der Waals surface area contributed by atoms with Crippen LogP contribution in [0.3, 0.4) is 0 Å². The number of amides is 1. The zero-order valence-electron chi connectivity index (χ0n) is 9.66. The van der Waals surface area contributed by atoms with Gasteiger partial charge in [-0.1, -0.05) is 13.8 Å². The molecule has 0 saturated carbocycles. The fourth-order valence-electron chi connectivity index (χ4n) is 1.49. The predicted octanol–water partition coefficient (Wildman–Crippen LogP) is 1.13. The van der Waals surface area contributed by atoms with Gasteiger partial charge in [0, 0.05) is 24.3 Å². The van der Waals surface area contributed by atoms with Crippen molar-refractivity contribution >= 4 is 17.5 Å². The van der Waals surface area contributed by atoms with Gasteiger partial charge < -0.3 is 5.32 Å². The summed E-state index contributed by atoms with van der Waals surface area (Å²) in [4.78, 5) is 33.8. The summed E-state index contributed by atoms with van der Waals surface area (Å²) in [6.45, 7) is 5.19. The lowest BCUT2D eigenvalue weighted by atomic mass is 9.89. The van der Waals surface area contributed by atoms with Crippen LogP contribution in [-0.4, -0.2) is 17.5 Å². The van der Waals surface area contributed by atoms with Gasteiger partial charge in [0.2, 0.25) is 17.5 Å². The molecule has 4 nitrogen and oxygen atoms in total. The maximum atomic E-state index is 11.6. The lowest BCUT2D eigenvalue weighted by molar-refractivity contribution is -0.132. The largest absolute Gasteiger partial charge is 0.326 e. The molecule has 0 radical (unpaired) electrons. The molecule has 16 heavy (non-hydrogen) atoms. The van der Waals surface area contributed by atoms with E-state index < -0.39 is 11.6 Å². The molecule has 0 fully saturated rings. The minimum absolute atomic E-state index is 0.0221. The standard InChI is InChI=1S/C12H15NO3/c1-4-7(2)10-5-9(13-8(3)14)6-11(15)12(10)16/h5-7H,4H2,1-3H3,(H,13,14). The molecule has 1 rings (SSSR count). The van der Waals surface area contributed by atoms with Gasteiger partial charge in [-0.25, -0.2) is 0 Å². The molecule has 0 aromatic carbocycles. The van der Waals surface area contributed by atoms with Crippen molar-refractivity contribution in [1.29, 1.82) is 0 Å². The van der Waals surface area contributed by atoms with Gasteiger partial charge >= 0.3 is 0 Å². The molecule has 0 aromatic heterocycles. The van der Waals surface area contributed by atoms with Crippen LogP contribution in [0.1, 0.15) is 27.2 Å². The number of hydrogen-bond donors (Lipinski definition) is 1. The van der Waals surface area contributed by atoms with Gasteiger partial charge in [-0.05, 0) is 18.4 Å². The summed E-state index contributed by atoms with van der Waals surface area (Å²) in [5.74, 6) is -1.27. The molecule has 1 N–H and O–H groups in total. The van der Waals surface area contributed by atoms with E-state index in [-0.39, 0.29) is 11.8 Å². The molecule has 86 valence electrons. The molecular formula is C12H15NO3. The molecule has 0 aliphatic heterocycles. The Morgan fingerprint density at radius 3 is 2.50 bits per heavy atom. The van der Waals surface area contributed by atoms with Crippen LogP contribution in [-0.2, 0) is 14.4 Å². The van der Waals surface area contributed by atoms with Crippen LogP contribution in [0.25, 0.3) is 0 Å². The van der Waals surface area contributed by atoms with Gasteiger partial charge in [0.15, 0.2) is 0 Å². The molecule has 1 atom stereocenters. The monoisotopic (exact) mass is 221 g/mol. The van der Waals surface area contributed by atoms with E-state index in [1.165, 1.54) is 6.92 Å². The van der Waals surface area contributed by atoms with Crippen LogP contribution in [0.4, 0.5) is 0 Å². The minimum Gasteiger partial charge on any atom is -0.326 e. The minimum atomic E-state index is -0.568. The van der Waals surface area contributed by atoms with Crippen LogP contribution in [0.2, 0.25) is 0 Å². The average Bonchev–Trinajstić information content (AvgIpc) is 2.21. The highest BCUT2D eigenvalue weighted by atomic mass is 16.2. The average molecular weight is 221 g/mol. The summed E-state index contributed by atoms with van der Waals surface area (Å²) in [6, 6.07) is 0. The molecule has 1 amide bonds. The van der Waals surface area contributed by atoms with Crippen LogP contribution in [0.5, 0.6) is 0 Å². The van der Waals surface area contributed by atoms with Gasteiger partial charge in [-0.15, -0.1) is 0 Å². The predicted molar refractivity (Wildman–Crippen MR) is 59.5 cm³/mol. The summed E-state index contributed by atoms with van der Waals surface area (Å²) in [5, 5.41) is 2.51. The lowest BCUT2D eigenvalue weighted by Gasteiger charge is -2.16. The molecule has 0 saturated heterocycles. The maximum absolute atomic E-state index is 11.6. The Bertz CT molecular complexity index is 404. The van der Waals surface area contributed by atoms with Crippen LogP contribution in [0, 0.1) is 5.92 Å². The van der Waals surface area contributed by atoms with E-state index in [0.717, 1.165) is 12.5 Å². The van der Waals surface area contributed by atoms with E-state index in [0.29, 0.717) is 11.3 Å². The Labute approximate surface area is 94.4 Å². The molecule has 1 unspecified atom stereocenters. The maximum Gasteiger partial charge on any atom is 0.229 e. The van der Waals surface area contributed by atoms with Gasteiger partial charge in [0.1, 0.15) is 0 Å². The van der Waals surface area contributed by atoms with Gasteiger partial charge in [-0.2, -0.15) is 0 Å². The number of allylic oxidation sites excluding steroid dienone is 3. The topological polar surface area (TPSA) is 63.2 Å². The SMILES string of the molecule is CCC(C)C1=CC(NC(C)=O)=CC(=O)C1=O. The Morgan fingerprint density at radius 1 is 1.38 bits per heavy atom. The van der Waals surface area contributed by atoms with E-state index in [1.54, 1.807) is 6.08 Å². The van der Waals surface area contributed by atoms with E-state index in [9.17, 15) is 14.4 Å². The third-order valence-corrected chi connectivity index (χ3v) is 2.55. The number of hydrogen-bond acceptors (Lipinski definition) is 3. The number of Topliss-reactive ketones (excluding diaryl/α,β-unsaturated/α-hetero) is 1. The number of ketones is 2. The summed E-state index contributed by atoms with van der Waals surface area (Å²) in [6.07, 6.45) is 3.52. The smallest absolute Gasteiger partial charge is 0.229 e. The van der Waals surface area contributed by atoms with Crippen molar-refractivity contribution < 1.29 is 14.4 Å². The van der Waals surface area contributed by atoms with Crippen LogP contribution >= 0.6 is 0 Å². The van der Waals surface area contributed by atoms with Gasteiger partial charge in [0.25, 0.3) is 0 Å². The normalized spacial score (nSPS) is 17.7. The quantitative estimate of drug-likeness (QED) is 0.574. The third kappa shape index (κ3) is 2.66. The Hall–Kier alpha value is -1.71. The van der Waals surface area contributed by atoms with Gasteiger partial charge in [0.05, 0.1) is 0 Å². The zero-order valence-corrected chi connectivity index (χ0v) is 9.66. The van der Waals surface area contributed by atoms with Crippen molar-refractivity contribution in [3.63, 3.8) is 0 Å². The van der Waals surface area contributed by atoms with E-state index >= 15 is 0 Å². The first-order chi connectivity index (χ1) is 7.45. The molecule has 1 aliphatic carbocycles. The first-order valence-corrected chi connectivity index (χ1v) is 5.25.